The number of hydrogen-bond acceptors (Lipinski definition) is 2. The molecule has 3 nitrogen and oxygen atoms in total. The zero-order valence-corrected chi connectivity index (χ0v) is 12.3. The van der Waals surface area contributed by atoms with E-state index >= 15 is 0 Å². The third kappa shape index (κ3) is 3.79. The molecule has 1 aromatic carbocycles. The van der Waals surface area contributed by atoms with Crippen molar-refractivity contribution in [2.45, 2.75) is 45.1 Å². The van der Waals surface area contributed by atoms with Crippen LogP contribution in [0.5, 0.6) is 0 Å². The van der Waals surface area contributed by atoms with Gasteiger partial charge in [-0.05, 0) is 37.5 Å². The first-order valence-electron chi connectivity index (χ1n) is 7.45. The lowest BCUT2D eigenvalue weighted by Gasteiger charge is -2.31. The summed E-state index contributed by atoms with van der Waals surface area (Å²) in [5.41, 5.74) is 7.36. The van der Waals surface area contributed by atoms with Crippen molar-refractivity contribution in [3.8, 4) is 0 Å². The van der Waals surface area contributed by atoms with Gasteiger partial charge in [0, 0.05) is 37.5 Å². The van der Waals surface area contributed by atoms with E-state index in [0.717, 1.165) is 11.3 Å². The van der Waals surface area contributed by atoms with Gasteiger partial charge in [0.05, 0.1) is 0 Å². The molecule has 1 aromatic rings. The molecule has 1 saturated carbocycles. The van der Waals surface area contributed by atoms with E-state index in [4.69, 9.17) is 5.73 Å². The monoisotopic (exact) mass is 296 g/mol. The molecule has 0 aromatic heterocycles. The minimum atomic E-state index is -2.60. The van der Waals surface area contributed by atoms with E-state index in [9.17, 15) is 13.6 Å². The Balaban J connectivity index is 2.07. The number of carbonyl (C=O) groups excluding carboxylic acids is 1. The molecule has 1 aliphatic rings. The minimum absolute atomic E-state index is 0.0477. The van der Waals surface area contributed by atoms with Crippen LogP contribution in [0, 0.1) is 5.92 Å². The van der Waals surface area contributed by atoms with Crippen molar-refractivity contribution in [2.24, 2.45) is 11.7 Å². The number of halogens is 2. The molecule has 116 valence electrons. The predicted molar refractivity (Wildman–Crippen MR) is 79.3 cm³/mol. The van der Waals surface area contributed by atoms with Crippen LogP contribution in [-0.2, 0) is 11.3 Å². The first-order chi connectivity index (χ1) is 9.96. The summed E-state index contributed by atoms with van der Waals surface area (Å²) in [7, 11) is 0. The number of amides is 1. The largest absolute Gasteiger partial charge is 0.326 e. The number of hydrogen-bond donors (Lipinski definition) is 1. The van der Waals surface area contributed by atoms with Crippen molar-refractivity contribution in [1.82, 2.24) is 0 Å². The van der Waals surface area contributed by atoms with Gasteiger partial charge in [0.25, 0.3) is 0 Å². The summed E-state index contributed by atoms with van der Waals surface area (Å²) in [5, 5.41) is 0. The second kappa shape index (κ2) is 6.52. The zero-order chi connectivity index (χ0) is 15.5. The maximum Gasteiger partial charge on any atom is 0.248 e. The summed E-state index contributed by atoms with van der Waals surface area (Å²) in [4.78, 5) is 14.2. The van der Waals surface area contributed by atoms with Crippen molar-refractivity contribution in [2.75, 3.05) is 11.4 Å². The van der Waals surface area contributed by atoms with Gasteiger partial charge in [-0.3, -0.25) is 4.79 Å². The molecule has 0 saturated heterocycles. The molecule has 1 amide bonds. The van der Waals surface area contributed by atoms with Gasteiger partial charge in [0.15, 0.2) is 0 Å². The van der Waals surface area contributed by atoms with Crippen LogP contribution < -0.4 is 10.6 Å². The molecule has 0 radical (unpaired) electrons. The smallest absolute Gasteiger partial charge is 0.248 e. The topological polar surface area (TPSA) is 46.3 Å². The lowest BCUT2D eigenvalue weighted by atomic mass is 9.86. The molecular weight excluding hydrogens is 274 g/mol. The van der Waals surface area contributed by atoms with E-state index in [1.165, 1.54) is 0 Å². The molecule has 1 aliphatic carbocycles. The SMILES string of the molecule is CCN(C(=O)C1CCC(F)(F)CC1)c1ccc(CN)cc1. The highest BCUT2D eigenvalue weighted by molar-refractivity contribution is 5.95. The Kier molecular flexibility index (Phi) is 4.93. The Morgan fingerprint density at radius 2 is 1.86 bits per heavy atom. The number of alkyl halides is 2. The van der Waals surface area contributed by atoms with E-state index in [-0.39, 0.29) is 37.5 Å². The fraction of sp³-hybridized carbons (Fsp3) is 0.562. The van der Waals surface area contributed by atoms with Crippen LogP contribution >= 0.6 is 0 Å². The van der Waals surface area contributed by atoms with Gasteiger partial charge >= 0.3 is 0 Å². The standard InChI is InChI=1S/C16H22F2N2O/c1-2-20(14-5-3-12(11-19)4-6-14)15(21)13-7-9-16(17,18)10-8-13/h3-6,13H,2,7-11,19H2,1H3. The van der Waals surface area contributed by atoms with Gasteiger partial charge in [0.1, 0.15) is 0 Å². The third-order valence-corrected chi connectivity index (χ3v) is 4.13. The Bertz CT molecular complexity index is 478. The number of benzene rings is 1. The van der Waals surface area contributed by atoms with Gasteiger partial charge in [-0.2, -0.15) is 0 Å². The van der Waals surface area contributed by atoms with Gasteiger partial charge in [-0.25, -0.2) is 8.78 Å². The highest BCUT2D eigenvalue weighted by atomic mass is 19.3. The van der Waals surface area contributed by atoms with Crippen molar-refractivity contribution >= 4 is 11.6 Å². The van der Waals surface area contributed by atoms with Crippen LogP contribution in [0.1, 0.15) is 38.2 Å². The zero-order valence-electron chi connectivity index (χ0n) is 12.3. The van der Waals surface area contributed by atoms with Gasteiger partial charge < -0.3 is 10.6 Å². The number of nitrogens with zero attached hydrogens (tertiary/aromatic N) is 1. The Morgan fingerprint density at radius 3 is 2.33 bits per heavy atom. The lowest BCUT2D eigenvalue weighted by molar-refractivity contribution is -0.126. The maximum atomic E-state index is 13.2. The van der Waals surface area contributed by atoms with Gasteiger partial charge in [0.2, 0.25) is 11.8 Å². The van der Waals surface area contributed by atoms with Crippen molar-refractivity contribution in [3.63, 3.8) is 0 Å². The van der Waals surface area contributed by atoms with Crippen molar-refractivity contribution in [1.29, 1.82) is 0 Å². The summed E-state index contributed by atoms with van der Waals surface area (Å²) in [6, 6.07) is 7.50. The second-order valence-electron chi connectivity index (χ2n) is 5.58. The first kappa shape index (κ1) is 15.9. The highest BCUT2D eigenvalue weighted by Gasteiger charge is 2.38. The Hall–Kier alpha value is -1.49. The minimum Gasteiger partial charge on any atom is -0.326 e. The summed E-state index contributed by atoms with van der Waals surface area (Å²) in [6.45, 7) is 2.89. The molecule has 5 heteroatoms. The quantitative estimate of drug-likeness (QED) is 0.926. The number of rotatable bonds is 4. The average Bonchev–Trinajstić information content (AvgIpc) is 2.48. The van der Waals surface area contributed by atoms with Crippen LogP contribution in [-0.4, -0.2) is 18.4 Å². The van der Waals surface area contributed by atoms with Crippen LogP contribution in [0.15, 0.2) is 24.3 Å². The molecule has 0 spiro atoms. The van der Waals surface area contributed by atoms with E-state index in [0.29, 0.717) is 13.1 Å². The first-order valence-corrected chi connectivity index (χ1v) is 7.45. The molecule has 2 rings (SSSR count). The predicted octanol–water partition coefficient (Wildman–Crippen LogP) is 3.32. The van der Waals surface area contributed by atoms with Gasteiger partial charge in [-0.15, -0.1) is 0 Å². The summed E-state index contributed by atoms with van der Waals surface area (Å²) in [6.07, 6.45) is 0.159. The molecule has 0 unspecified atom stereocenters. The molecular formula is C16H22F2N2O. The molecule has 21 heavy (non-hydrogen) atoms. The molecule has 2 N–H and O–H groups in total. The van der Waals surface area contributed by atoms with Crippen molar-refractivity contribution in [3.05, 3.63) is 29.8 Å². The average molecular weight is 296 g/mol. The van der Waals surface area contributed by atoms with Crippen LogP contribution in [0.25, 0.3) is 0 Å². The fourth-order valence-electron chi connectivity index (χ4n) is 2.79. The number of nitrogens with two attached hydrogens (primary N) is 1. The second-order valence-corrected chi connectivity index (χ2v) is 5.58. The highest BCUT2D eigenvalue weighted by Crippen LogP contribution is 2.37. The third-order valence-electron chi connectivity index (χ3n) is 4.13. The lowest BCUT2D eigenvalue weighted by Crippen LogP contribution is -2.39. The number of anilines is 1. The Labute approximate surface area is 124 Å². The van der Waals surface area contributed by atoms with Gasteiger partial charge in [-0.1, -0.05) is 12.1 Å². The van der Waals surface area contributed by atoms with E-state index in [1.54, 1.807) is 4.90 Å². The normalized spacial score (nSPS) is 18.5. The van der Waals surface area contributed by atoms with Crippen molar-refractivity contribution < 1.29 is 13.6 Å². The van der Waals surface area contributed by atoms with Crippen LogP contribution in [0.3, 0.4) is 0 Å². The summed E-state index contributed by atoms with van der Waals surface area (Å²) in [5.74, 6) is -2.94. The Morgan fingerprint density at radius 1 is 1.29 bits per heavy atom. The molecule has 0 heterocycles. The molecule has 1 fully saturated rings. The molecule has 0 bridgehead atoms. The number of carbonyl (C=O) groups is 1. The van der Waals surface area contributed by atoms with E-state index < -0.39 is 5.92 Å². The van der Waals surface area contributed by atoms with Crippen LogP contribution in [0.2, 0.25) is 0 Å². The molecule has 0 aliphatic heterocycles. The van der Waals surface area contributed by atoms with E-state index in [2.05, 4.69) is 0 Å². The molecule has 0 atom stereocenters. The van der Waals surface area contributed by atoms with E-state index in [1.807, 2.05) is 31.2 Å². The maximum absolute atomic E-state index is 13.2. The summed E-state index contributed by atoms with van der Waals surface area (Å²) >= 11 is 0. The van der Waals surface area contributed by atoms with Crippen LogP contribution in [0.4, 0.5) is 14.5 Å². The fourth-order valence-corrected chi connectivity index (χ4v) is 2.79. The summed E-state index contributed by atoms with van der Waals surface area (Å²) < 4.78 is 26.4.